The Morgan fingerprint density at radius 1 is 0.944 bits per heavy atom. The summed E-state index contributed by atoms with van der Waals surface area (Å²) in [6.45, 7) is 1.75. The Bertz CT molecular complexity index is 1430. The molecule has 0 fully saturated rings. The Kier molecular flexibility index (Phi) is 7.20. The smallest absolute Gasteiger partial charge is 0.312 e. The number of anilines is 1. The van der Waals surface area contributed by atoms with Crippen LogP contribution in [0.15, 0.2) is 89.7 Å². The monoisotopic (exact) mass is 485 g/mol. The van der Waals surface area contributed by atoms with E-state index in [0.717, 1.165) is 0 Å². The number of aromatic nitrogens is 2. The lowest BCUT2D eigenvalue weighted by Crippen LogP contribution is -2.35. The van der Waals surface area contributed by atoms with E-state index in [9.17, 15) is 14.4 Å². The second-order valence-electron chi connectivity index (χ2n) is 8.24. The SMILES string of the molecule is Cc1c(NC(=O)CC(NC(N)=O)c2cccc(Oc3ccccc3)c2)c(=O)n(-c2ccccc2)n1C. The Labute approximate surface area is 208 Å². The van der Waals surface area contributed by atoms with Gasteiger partial charge in [0.2, 0.25) is 5.91 Å². The molecule has 1 unspecified atom stereocenters. The van der Waals surface area contributed by atoms with Crippen LogP contribution in [0, 0.1) is 6.92 Å². The zero-order valence-electron chi connectivity index (χ0n) is 20.0. The number of hydrogen-bond acceptors (Lipinski definition) is 4. The van der Waals surface area contributed by atoms with Gasteiger partial charge in [-0.3, -0.25) is 14.3 Å². The van der Waals surface area contributed by atoms with Gasteiger partial charge in [0.05, 0.1) is 23.8 Å². The normalized spacial score (nSPS) is 11.5. The van der Waals surface area contributed by atoms with E-state index in [-0.39, 0.29) is 17.7 Å². The number of hydrogen-bond donors (Lipinski definition) is 3. The predicted octanol–water partition coefficient (Wildman–Crippen LogP) is 4.01. The third-order valence-electron chi connectivity index (χ3n) is 5.76. The van der Waals surface area contributed by atoms with Crippen LogP contribution in [-0.4, -0.2) is 21.3 Å². The fourth-order valence-corrected chi connectivity index (χ4v) is 3.93. The first-order valence-corrected chi connectivity index (χ1v) is 11.4. The van der Waals surface area contributed by atoms with E-state index >= 15 is 0 Å². The van der Waals surface area contributed by atoms with Gasteiger partial charge < -0.3 is 21.1 Å². The van der Waals surface area contributed by atoms with E-state index in [0.29, 0.717) is 28.4 Å². The van der Waals surface area contributed by atoms with E-state index in [1.54, 1.807) is 42.9 Å². The van der Waals surface area contributed by atoms with Crippen LogP contribution in [0.4, 0.5) is 10.5 Å². The van der Waals surface area contributed by atoms with Crippen LogP contribution in [0.3, 0.4) is 0 Å². The van der Waals surface area contributed by atoms with Crippen molar-refractivity contribution >= 4 is 17.6 Å². The molecule has 0 radical (unpaired) electrons. The summed E-state index contributed by atoms with van der Waals surface area (Å²) in [5.41, 5.74) is 7.10. The number of para-hydroxylation sites is 2. The summed E-state index contributed by atoms with van der Waals surface area (Å²) in [5, 5.41) is 5.33. The standard InChI is InChI=1S/C27H27N5O4/c1-18-25(26(34)32(31(18)2)20-11-5-3-6-12-20)30-24(33)17-23(29-27(28)35)19-10-9-15-22(16-19)36-21-13-7-4-8-14-21/h3-16,23H,17H2,1-2H3,(H,30,33)(H3,28,29,35). The second-order valence-corrected chi connectivity index (χ2v) is 8.24. The molecule has 0 saturated heterocycles. The largest absolute Gasteiger partial charge is 0.457 e. The molecule has 0 bridgehead atoms. The summed E-state index contributed by atoms with van der Waals surface area (Å²) in [6.07, 6.45) is -0.142. The number of urea groups is 1. The van der Waals surface area contributed by atoms with E-state index in [4.69, 9.17) is 10.5 Å². The van der Waals surface area contributed by atoms with Gasteiger partial charge >= 0.3 is 6.03 Å². The number of carbonyl (C=O) groups excluding carboxylic acids is 2. The Morgan fingerprint density at radius 3 is 2.25 bits per heavy atom. The van der Waals surface area contributed by atoms with Gasteiger partial charge in [0.1, 0.15) is 17.2 Å². The van der Waals surface area contributed by atoms with Gasteiger partial charge in [0, 0.05) is 7.05 Å². The highest BCUT2D eigenvalue weighted by atomic mass is 16.5. The number of amides is 3. The van der Waals surface area contributed by atoms with Crippen LogP contribution in [0.1, 0.15) is 23.7 Å². The van der Waals surface area contributed by atoms with Crippen molar-refractivity contribution in [2.24, 2.45) is 12.8 Å². The molecule has 3 aromatic carbocycles. The predicted molar refractivity (Wildman–Crippen MR) is 137 cm³/mol. The van der Waals surface area contributed by atoms with Crippen LogP contribution in [-0.2, 0) is 11.8 Å². The number of carbonyl (C=O) groups is 2. The van der Waals surface area contributed by atoms with Crippen molar-refractivity contribution in [1.29, 1.82) is 0 Å². The lowest BCUT2D eigenvalue weighted by Gasteiger charge is -2.18. The quantitative estimate of drug-likeness (QED) is 0.349. The van der Waals surface area contributed by atoms with E-state index in [1.807, 2.05) is 60.7 Å². The fraction of sp³-hybridized carbons (Fsp3) is 0.148. The highest BCUT2D eigenvalue weighted by molar-refractivity contribution is 5.92. The maximum absolute atomic E-state index is 13.1. The third-order valence-corrected chi connectivity index (χ3v) is 5.76. The van der Waals surface area contributed by atoms with Gasteiger partial charge in [-0.15, -0.1) is 0 Å². The molecule has 3 amide bonds. The molecule has 0 aliphatic rings. The van der Waals surface area contributed by atoms with Gasteiger partial charge in [-0.05, 0) is 48.9 Å². The first kappa shape index (κ1) is 24.3. The lowest BCUT2D eigenvalue weighted by molar-refractivity contribution is -0.116. The molecule has 4 aromatic rings. The summed E-state index contributed by atoms with van der Waals surface area (Å²) in [6, 6.07) is 23.9. The molecule has 1 heterocycles. The van der Waals surface area contributed by atoms with Crippen molar-refractivity contribution in [3.8, 4) is 17.2 Å². The minimum Gasteiger partial charge on any atom is -0.457 e. The summed E-state index contributed by atoms with van der Waals surface area (Å²) >= 11 is 0. The average Bonchev–Trinajstić information content (AvgIpc) is 3.07. The van der Waals surface area contributed by atoms with Gasteiger partial charge in [-0.25, -0.2) is 9.48 Å². The summed E-state index contributed by atoms with van der Waals surface area (Å²) in [5.74, 6) is 0.746. The molecular formula is C27H27N5O4. The summed E-state index contributed by atoms with van der Waals surface area (Å²) in [7, 11) is 1.75. The molecule has 1 aromatic heterocycles. The molecule has 1 atom stereocenters. The highest BCUT2D eigenvalue weighted by Gasteiger charge is 2.22. The lowest BCUT2D eigenvalue weighted by atomic mass is 10.0. The first-order valence-electron chi connectivity index (χ1n) is 11.4. The van der Waals surface area contributed by atoms with Crippen molar-refractivity contribution < 1.29 is 14.3 Å². The average molecular weight is 486 g/mol. The zero-order valence-corrected chi connectivity index (χ0v) is 20.0. The third kappa shape index (κ3) is 5.47. The number of nitrogens with one attached hydrogen (secondary N) is 2. The van der Waals surface area contributed by atoms with E-state index < -0.39 is 18.0 Å². The molecule has 4 N–H and O–H groups in total. The number of ether oxygens (including phenoxy) is 1. The summed E-state index contributed by atoms with van der Waals surface area (Å²) < 4.78 is 9.03. The fourth-order valence-electron chi connectivity index (χ4n) is 3.93. The number of benzene rings is 3. The molecule has 0 saturated carbocycles. The maximum atomic E-state index is 13.1. The Balaban J connectivity index is 1.55. The minimum absolute atomic E-state index is 0.142. The van der Waals surface area contributed by atoms with Crippen LogP contribution < -0.4 is 26.7 Å². The van der Waals surface area contributed by atoms with Gasteiger partial charge in [-0.2, -0.15) is 0 Å². The maximum Gasteiger partial charge on any atom is 0.312 e. The highest BCUT2D eigenvalue weighted by Crippen LogP contribution is 2.26. The molecule has 9 heteroatoms. The van der Waals surface area contributed by atoms with Crippen molar-refractivity contribution in [3.05, 3.63) is 107 Å². The van der Waals surface area contributed by atoms with Crippen molar-refractivity contribution in [3.63, 3.8) is 0 Å². The molecule has 4 rings (SSSR count). The number of nitrogens with two attached hydrogens (primary N) is 1. The number of nitrogens with zero attached hydrogens (tertiary/aromatic N) is 2. The molecule has 9 nitrogen and oxygen atoms in total. The van der Waals surface area contributed by atoms with Gasteiger partial charge in [0.25, 0.3) is 5.56 Å². The zero-order chi connectivity index (χ0) is 25.7. The number of primary amides is 1. The van der Waals surface area contributed by atoms with Crippen LogP contribution in [0.25, 0.3) is 5.69 Å². The minimum atomic E-state index is -0.774. The molecule has 0 aliphatic carbocycles. The summed E-state index contributed by atoms with van der Waals surface area (Å²) in [4.78, 5) is 37.8. The molecular weight excluding hydrogens is 458 g/mol. The topological polar surface area (TPSA) is 120 Å². The van der Waals surface area contributed by atoms with Crippen molar-refractivity contribution in [2.45, 2.75) is 19.4 Å². The molecule has 0 aliphatic heterocycles. The van der Waals surface area contributed by atoms with Crippen molar-refractivity contribution in [2.75, 3.05) is 5.32 Å². The van der Waals surface area contributed by atoms with Crippen LogP contribution >= 0.6 is 0 Å². The van der Waals surface area contributed by atoms with E-state index in [1.165, 1.54) is 4.68 Å². The second kappa shape index (κ2) is 10.6. The van der Waals surface area contributed by atoms with Crippen LogP contribution in [0.5, 0.6) is 11.5 Å². The Morgan fingerprint density at radius 2 is 1.58 bits per heavy atom. The first-order chi connectivity index (χ1) is 17.3. The van der Waals surface area contributed by atoms with Crippen LogP contribution in [0.2, 0.25) is 0 Å². The molecule has 0 spiro atoms. The van der Waals surface area contributed by atoms with E-state index in [2.05, 4.69) is 10.6 Å². The molecule has 184 valence electrons. The Hall–Kier alpha value is -4.79. The van der Waals surface area contributed by atoms with Gasteiger partial charge in [0.15, 0.2) is 0 Å². The molecule has 36 heavy (non-hydrogen) atoms. The van der Waals surface area contributed by atoms with Crippen molar-refractivity contribution in [1.82, 2.24) is 14.7 Å². The number of rotatable bonds is 8. The van der Waals surface area contributed by atoms with Gasteiger partial charge in [-0.1, -0.05) is 48.5 Å².